The summed E-state index contributed by atoms with van der Waals surface area (Å²) >= 11 is 0. The van der Waals surface area contributed by atoms with E-state index >= 15 is 0 Å². The van der Waals surface area contributed by atoms with E-state index in [0.717, 1.165) is 161 Å². The van der Waals surface area contributed by atoms with Gasteiger partial charge in [0, 0.05) is 145 Å². The van der Waals surface area contributed by atoms with Gasteiger partial charge in [-0.2, -0.15) is 0 Å². The maximum Gasteiger partial charge on any atom is 0.336 e. The first-order valence-corrected chi connectivity index (χ1v) is 41.9. The van der Waals surface area contributed by atoms with Crippen LogP contribution in [0.25, 0.3) is 78.0 Å². The summed E-state index contributed by atoms with van der Waals surface area (Å²) in [6.07, 6.45) is 17.5. The summed E-state index contributed by atoms with van der Waals surface area (Å²) < 4.78 is 17.5. The minimum Gasteiger partial charge on any atom is -0.478 e. The van der Waals surface area contributed by atoms with Crippen molar-refractivity contribution in [3.63, 3.8) is 0 Å². The largest absolute Gasteiger partial charge is 0.478 e. The van der Waals surface area contributed by atoms with E-state index in [1.165, 1.54) is 55.9 Å². The number of hydrogen-bond acceptors (Lipinski definition) is 10. The molecule has 4 aliphatic carbocycles. The van der Waals surface area contributed by atoms with Crippen molar-refractivity contribution in [2.24, 2.45) is 9.98 Å². The Labute approximate surface area is 697 Å². The molecule has 8 aromatic carbocycles. The van der Waals surface area contributed by atoms with Crippen molar-refractivity contribution in [2.75, 3.05) is 99.0 Å². The van der Waals surface area contributed by atoms with Crippen molar-refractivity contribution >= 4 is 79.2 Å². The summed E-state index contributed by atoms with van der Waals surface area (Å²) in [6, 6.07) is 73.8. The highest BCUT2D eigenvalue weighted by Gasteiger charge is 2.26. The zero-order valence-electron chi connectivity index (χ0n) is 71.1. The van der Waals surface area contributed by atoms with Crippen molar-refractivity contribution in [1.29, 1.82) is 0 Å². The monoisotopic (exact) mass is 1570 g/mol. The summed E-state index contributed by atoms with van der Waals surface area (Å²) in [5, 5.41) is 30.3. The van der Waals surface area contributed by atoms with Crippen LogP contribution >= 0.6 is 0 Å². The fourth-order valence-corrected chi connectivity index (χ4v) is 15.6. The van der Waals surface area contributed by atoms with Gasteiger partial charge >= 0.3 is 11.9 Å². The third-order valence-electron chi connectivity index (χ3n) is 21.6. The Morgan fingerprint density at radius 2 is 0.864 bits per heavy atom. The number of carboxylic acid groups (broad SMARTS) is 2. The molecule has 0 saturated heterocycles. The number of nitrogens with one attached hydrogen (secondary N) is 2. The predicted molar refractivity (Wildman–Crippen MR) is 497 cm³/mol. The molecule has 2 heterocycles. The lowest BCUT2D eigenvalue weighted by atomic mass is 9.89. The van der Waals surface area contributed by atoms with E-state index in [-0.39, 0.29) is 11.1 Å². The van der Waals surface area contributed by atoms with Gasteiger partial charge in [-0.05, 0) is 255 Å². The molecule has 4 N–H and O–H groups in total. The normalized spacial score (nSPS) is 12.2. The zero-order valence-corrected chi connectivity index (χ0v) is 71.1. The fourth-order valence-electron chi connectivity index (χ4n) is 15.6. The number of aliphatic imine (C=N–C) groups is 1. The lowest BCUT2D eigenvalue weighted by molar-refractivity contribution is -0.519. The number of carboxylic acids is 2. The molecule has 6 aliphatic rings. The highest BCUT2D eigenvalue weighted by molar-refractivity contribution is 6.11. The number of rotatable bonds is 24. The summed E-state index contributed by atoms with van der Waals surface area (Å²) in [6.45, 7) is 40.6. The Morgan fingerprint density at radius 1 is 0.398 bits per heavy atom. The molecule has 0 bridgehead atoms. The van der Waals surface area contributed by atoms with E-state index in [2.05, 4.69) is 316 Å². The average molecular weight is 1570 g/mol. The molecule has 2 aliphatic heterocycles. The van der Waals surface area contributed by atoms with Gasteiger partial charge in [-0.1, -0.05) is 133 Å². The maximum absolute atomic E-state index is 12.1. The minimum atomic E-state index is -0.951. The summed E-state index contributed by atoms with van der Waals surface area (Å²) in [4.78, 5) is 37.8. The molecular weight excluding hydrogens is 1460 g/mol. The molecule has 118 heavy (non-hydrogen) atoms. The Kier molecular flexibility index (Phi) is 30.3. The maximum atomic E-state index is 12.1. The van der Waals surface area contributed by atoms with Crippen LogP contribution in [-0.4, -0.2) is 117 Å². The smallest absolute Gasteiger partial charge is 0.336 e. The van der Waals surface area contributed by atoms with Crippen molar-refractivity contribution in [2.45, 2.75) is 96.9 Å². The first-order chi connectivity index (χ1) is 57.5. The summed E-state index contributed by atoms with van der Waals surface area (Å²) in [5.41, 5.74) is 25.8. The second-order valence-corrected chi connectivity index (χ2v) is 28.7. The second kappa shape index (κ2) is 41.6. The molecule has 0 aromatic heterocycles. The summed E-state index contributed by atoms with van der Waals surface area (Å²) in [5.74, 6) is -0.453. The molecule has 0 amide bonds. The molecule has 0 spiro atoms. The van der Waals surface area contributed by atoms with Crippen molar-refractivity contribution in [1.82, 2.24) is 4.58 Å². The molecule has 0 saturated carbocycles. The topological polar surface area (TPSA) is 162 Å². The van der Waals surface area contributed by atoms with E-state index in [9.17, 15) is 19.8 Å². The lowest BCUT2D eigenvalue weighted by Gasteiger charge is -2.22. The molecule has 0 atom stereocenters. The van der Waals surface area contributed by atoms with Crippen LogP contribution in [0.15, 0.2) is 297 Å². The molecule has 14 nitrogen and oxygen atoms in total. The number of hydrogen-bond donors (Lipinski definition) is 4. The Hall–Kier alpha value is -12.9. The van der Waals surface area contributed by atoms with Crippen LogP contribution in [0.2, 0.25) is 0 Å². The van der Waals surface area contributed by atoms with Crippen LogP contribution in [0.3, 0.4) is 0 Å². The van der Waals surface area contributed by atoms with Gasteiger partial charge < -0.3 is 39.5 Å². The number of nitrogens with zero attached hydrogens (tertiary/aromatic N) is 6. The Balaban J connectivity index is 0.000000155. The van der Waals surface area contributed by atoms with Crippen LogP contribution in [0.4, 0.5) is 22.7 Å². The van der Waals surface area contributed by atoms with Crippen molar-refractivity contribution in [3.8, 4) is 44.9 Å². The molecule has 8 aromatic rings. The zero-order chi connectivity index (χ0) is 83.8. The van der Waals surface area contributed by atoms with E-state index < -0.39 is 11.9 Å². The van der Waals surface area contributed by atoms with Gasteiger partial charge in [-0.3, -0.25) is 9.98 Å². The van der Waals surface area contributed by atoms with Crippen LogP contribution in [0.5, 0.6) is 0 Å². The van der Waals surface area contributed by atoms with E-state index in [4.69, 9.17) is 8.83 Å². The van der Waals surface area contributed by atoms with Gasteiger partial charge in [0.2, 0.25) is 5.36 Å². The van der Waals surface area contributed by atoms with E-state index in [0.29, 0.717) is 29.0 Å². The fraction of sp³-hybridized carbons (Fsp3) is 0.250. The predicted octanol–water partition coefficient (Wildman–Crippen LogP) is 22.9. The quantitative estimate of drug-likeness (QED) is 0.0338. The van der Waals surface area contributed by atoms with Gasteiger partial charge in [0.25, 0.3) is 0 Å². The first-order valence-electron chi connectivity index (χ1n) is 41.9. The van der Waals surface area contributed by atoms with Gasteiger partial charge in [0.1, 0.15) is 48.9 Å². The molecule has 604 valence electrons. The molecular formula is C104H114N8O6+2. The lowest BCUT2D eigenvalue weighted by Crippen LogP contribution is -2.29. The van der Waals surface area contributed by atoms with Gasteiger partial charge in [-0.15, -0.1) is 0 Å². The Bertz CT molecular complexity index is 5820. The van der Waals surface area contributed by atoms with Gasteiger partial charge in [0.15, 0.2) is 5.71 Å². The number of fused-ring (bicyclic) bond motifs is 4. The van der Waals surface area contributed by atoms with Crippen molar-refractivity contribution < 1.29 is 33.2 Å². The molecule has 14 rings (SSSR count). The Morgan fingerprint density at radius 3 is 1.37 bits per heavy atom. The van der Waals surface area contributed by atoms with E-state index in [1.54, 1.807) is 24.3 Å². The van der Waals surface area contributed by atoms with Gasteiger partial charge in [-0.25, -0.2) is 18.7 Å². The van der Waals surface area contributed by atoms with E-state index in [1.807, 2.05) is 63.2 Å². The minimum absolute atomic E-state index is 0.268. The highest BCUT2D eigenvalue weighted by Crippen LogP contribution is 2.45. The molecule has 14 heteroatoms. The second-order valence-electron chi connectivity index (χ2n) is 28.7. The number of benzene rings is 10. The third-order valence-corrected chi connectivity index (χ3v) is 21.6. The number of anilines is 4. The number of allylic oxidation sites excluding steroid dienone is 10. The first kappa shape index (κ1) is 85.9. The SMILES string of the molecule is CCN(CC)c1ccc(C(=C2C=CC(=[N+](CC)CC)C=C2)c2ccccc2)cc1.CCN(CC)c1ccc2c(-c3ccccc3C(=O)O)c3ccc(=[N+](CC)CC)cc-3oc2c1.CCN=C1C=CC(=C(c2ccccc2)c2ccc(NCC)cc2)C=C1.CCN=c1cc2oc3cc(NCC)c(C)cc3c(-c3ccccc3C(=O)O)c-2cc1C. The number of carbonyl (C=O) groups is 2. The molecule has 0 radical (unpaired) electrons. The summed E-state index contributed by atoms with van der Waals surface area (Å²) in [7, 11) is 0. The standard InChI is InChI=1S/C28H30N2O3.C27H33N2.C26H26N2O3.C23H24N2/c1-5-29(6-2)19-13-15-23-25(17-19)33-26-18-20(30(7-3)8-4)14-16-24(26)27(23)21-11-9-10-12-22(21)28(31)32;1-5-28(6-2)25-18-14-23(15-19-25)27(22-12-10-9-11-13-22)24-16-20-26(21-17-24)29(7-3)8-4;1-5-27-21-13-23-19(11-15(21)3)25(17-9-7-8-10-18(17)26(29)30)20-12-16(4)22(28-6-2)14-24(20)31-23;1-3-24-21-14-10-19(11-15-21)23(18-8-6-5-7-9-18)20-12-16-22(17-13-20)25-4-2/h9-18H,5-8H2,1-4H3;9-21H,5-8H2,1-4H3;7-14,27H,5-6H2,1-4H3,(H,29,30);5-17,24H,3-4H2,1-2H3/q;+1;;/p+1. The van der Waals surface area contributed by atoms with Crippen LogP contribution in [0.1, 0.15) is 137 Å². The third kappa shape index (κ3) is 20.1. The molecule has 0 unspecified atom stereocenters. The highest BCUT2D eigenvalue weighted by atomic mass is 16.4. The van der Waals surface area contributed by atoms with Crippen molar-refractivity contribution in [3.05, 3.63) is 333 Å². The number of aromatic carboxylic acids is 2. The van der Waals surface area contributed by atoms with Gasteiger partial charge in [0.05, 0.1) is 28.3 Å². The van der Waals surface area contributed by atoms with Crippen LogP contribution in [0, 0.1) is 13.8 Å². The van der Waals surface area contributed by atoms with Crippen LogP contribution < -0.4 is 35.7 Å². The number of aryl methyl sites for hydroxylation is 2. The molecule has 0 fully saturated rings. The average Bonchev–Trinajstić information content (AvgIpc) is 0.752. The van der Waals surface area contributed by atoms with Crippen LogP contribution in [-0.2, 0) is 0 Å².